The Morgan fingerprint density at radius 2 is 1.67 bits per heavy atom. The van der Waals surface area contributed by atoms with E-state index in [1.165, 1.54) is 24.3 Å². The Kier molecular flexibility index (Phi) is 3.84. The Morgan fingerprint density at radius 1 is 1.05 bits per heavy atom. The number of carboxylic acids is 1. The fraction of sp³-hybridized carbons (Fsp3) is 0.0714. The lowest BCUT2D eigenvalue weighted by Crippen LogP contribution is -2.16. The molecule has 0 aromatic heterocycles. The first-order chi connectivity index (χ1) is 9.78. The third-order valence-electron chi connectivity index (χ3n) is 2.63. The van der Waals surface area contributed by atoms with Crippen molar-refractivity contribution < 1.29 is 32.2 Å². The summed E-state index contributed by atoms with van der Waals surface area (Å²) in [5.41, 5.74) is -0.290. The standard InChI is InChI=1S/C14H8F4O3/c15-12-10(2-1-3-11(12)13(19)20)8-4-6-9(7-5-8)21-14(16,17)18/h1-7H,(H,19,20). The molecule has 0 aliphatic rings. The Hall–Kier alpha value is -2.57. The lowest BCUT2D eigenvalue weighted by molar-refractivity contribution is -0.274. The lowest BCUT2D eigenvalue weighted by Gasteiger charge is -2.10. The topological polar surface area (TPSA) is 46.5 Å². The van der Waals surface area contributed by atoms with Crippen molar-refractivity contribution in [3.8, 4) is 16.9 Å². The van der Waals surface area contributed by atoms with Crippen molar-refractivity contribution in [1.29, 1.82) is 0 Å². The number of halogens is 4. The van der Waals surface area contributed by atoms with Gasteiger partial charge in [-0.1, -0.05) is 24.3 Å². The van der Waals surface area contributed by atoms with Gasteiger partial charge in [-0.25, -0.2) is 9.18 Å². The highest BCUT2D eigenvalue weighted by Gasteiger charge is 2.31. The number of alkyl halides is 3. The van der Waals surface area contributed by atoms with Crippen LogP contribution in [0.5, 0.6) is 5.75 Å². The normalized spacial score (nSPS) is 11.2. The van der Waals surface area contributed by atoms with E-state index in [-0.39, 0.29) is 11.1 Å². The fourth-order valence-electron chi connectivity index (χ4n) is 1.76. The molecule has 0 heterocycles. The molecule has 0 unspecified atom stereocenters. The van der Waals surface area contributed by atoms with Gasteiger partial charge in [-0.2, -0.15) is 0 Å². The molecule has 2 rings (SSSR count). The van der Waals surface area contributed by atoms with Gasteiger partial charge in [0.15, 0.2) is 0 Å². The Morgan fingerprint density at radius 3 is 2.19 bits per heavy atom. The van der Waals surface area contributed by atoms with E-state index in [1.807, 2.05) is 0 Å². The molecule has 1 N–H and O–H groups in total. The number of aromatic carboxylic acids is 1. The molecule has 2 aromatic rings. The zero-order valence-corrected chi connectivity index (χ0v) is 10.3. The molecule has 110 valence electrons. The summed E-state index contributed by atoms with van der Waals surface area (Å²) in [6, 6.07) is 8.26. The average molecular weight is 300 g/mol. The molecule has 0 amide bonds. The summed E-state index contributed by atoms with van der Waals surface area (Å²) in [6.45, 7) is 0. The molecule has 7 heteroatoms. The second-order valence-electron chi connectivity index (χ2n) is 4.04. The van der Waals surface area contributed by atoms with Gasteiger partial charge in [-0.05, 0) is 23.8 Å². The largest absolute Gasteiger partial charge is 0.573 e. The predicted octanol–water partition coefficient (Wildman–Crippen LogP) is 4.09. The molecule has 21 heavy (non-hydrogen) atoms. The van der Waals surface area contributed by atoms with Crippen LogP contribution in [0.15, 0.2) is 42.5 Å². The van der Waals surface area contributed by atoms with Crippen molar-refractivity contribution in [2.75, 3.05) is 0 Å². The van der Waals surface area contributed by atoms with Crippen molar-refractivity contribution in [2.45, 2.75) is 6.36 Å². The lowest BCUT2D eigenvalue weighted by atomic mass is 10.0. The van der Waals surface area contributed by atoms with Gasteiger partial charge < -0.3 is 9.84 Å². The molecule has 2 aromatic carbocycles. The first-order valence-electron chi connectivity index (χ1n) is 5.66. The summed E-state index contributed by atoms with van der Waals surface area (Å²) in [5.74, 6) is -2.82. The van der Waals surface area contributed by atoms with Crippen molar-refractivity contribution in [3.05, 3.63) is 53.8 Å². The summed E-state index contributed by atoms with van der Waals surface area (Å²) in [4.78, 5) is 10.8. The third kappa shape index (κ3) is 3.50. The first-order valence-corrected chi connectivity index (χ1v) is 5.66. The SMILES string of the molecule is O=C(O)c1cccc(-c2ccc(OC(F)(F)F)cc2)c1F. The minimum absolute atomic E-state index is 0.0199. The highest BCUT2D eigenvalue weighted by Crippen LogP contribution is 2.29. The van der Waals surface area contributed by atoms with E-state index in [2.05, 4.69) is 4.74 Å². The summed E-state index contributed by atoms with van der Waals surface area (Å²) in [7, 11) is 0. The van der Waals surface area contributed by atoms with Gasteiger partial charge in [-0.3, -0.25) is 0 Å². The van der Waals surface area contributed by atoms with Crippen molar-refractivity contribution >= 4 is 5.97 Å². The molecule has 0 spiro atoms. The van der Waals surface area contributed by atoms with E-state index < -0.39 is 29.5 Å². The molecule has 0 radical (unpaired) electrons. The quantitative estimate of drug-likeness (QED) is 0.868. The summed E-state index contributed by atoms with van der Waals surface area (Å²) in [5, 5.41) is 8.82. The third-order valence-corrected chi connectivity index (χ3v) is 2.63. The maximum absolute atomic E-state index is 14.0. The van der Waals surface area contributed by atoms with Gasteiger partial charge in [0.25, 0.3) is 0 Å². The van der Waals surface area contributed by atoms with Crippen LogP contribution >= 0.6 is 0 Å². The Balaban J connectivity index is 2.35. The average Bonchev–Trinajstić information content (AvgIpc) is 2.38. The van der Waals surface area contributed by atoms with Gasteiger partial charge in [-0.15, -0.1) is 13.2 Å². The van der Waals surface area contributed by atoms with Gasteiger partial charge >= 0.3 is 12.3 Å². The van der Waals surface area contributed by atoms with Crippen molar-refractivity contribution in [1.82, 2.24) is 0 Å². The number of benzene rings is 2. The first kappa shape index (κ1) is 14.8. The fourth-order valence-corrected chi connectivity index (χ4v) is 1.76. The Labute approximate surface area is 116 Å². The number of carbonyl (C=O) groups is 1. The van der Waals surface area contributed by atoms with Crippen molar-refractivity contribution in [2.24, 2.45) is 0 Å². The van der Waals surface area contributed by atoms with Crippen LogP contribution in [-0.4, -0.2) is 17.4 Å². The molecule has 3 nitrogen and oxygen atoms in total. The zero-order valence-electron chi connectivity index (χ0n) is 10.3. The van der Waals surface area contributed by atoms with Crippen LogP contribution in [0.25, 0.3) is 11.1 Å². The Bertz CT molecular complexity index is 663. The van der Waals surface area contributed by atoms with E-state index in [4.69, 9.17) is 5.11 Å². The van der Waals surface area contributed by atoms with E-state index in [1.54, 1.807) is 0 Å². The molecule has 0 aliphatic carbocycles. The highest BCUT2D eigenvalue weighted by atomic mass is 19.4. The second-order valence-corrected chi connectivity index (χ2v) is 4.04. The van der Waals surface area contributed by atoms with E-state index in [0.717, 1.165) is 18.2 Å². The van der Waals surface area contributed by atoms with Gasteiger partial charge in [0.05, 0.1) is 5.56 Å². The second kappa shape index (κ2) is 5.43. The minimum atomic E-state index is -4.81. The van der Waals surface area contributed by atoms with Crippen LogP contribution < -0.4 is 4.74 Å². The van der Waals surface area contributed by atoms with Crippen LogP contribution in [0.4, 0.5) is 17.6 Å². The van der Waals surface area contributed by atoms with Gasteiger partial charge in [0.2, 0.25) is 0 Å². The van der Waals surface area contributed by atoms with E-state index in [9.17, 15) is 22.4 Å². The number of hydrogen-bond acceptors (Lipinski definition) is 2. The van der Waals surface area contributed by atoms with E-state index in [0.29, 0.717) is 0 Å². The van der Waals surface area contributed by atoms with Crippen molar-refractivity contribution in [3.63, 3.8) is 0 Å². The number of hydrogen-bond donors (Lipinski definition) is 1. The maximum atomic E-state index is 14.0. The molecule has 0 fully saturated rings. The molecule has 0 aliphatic heterocycles. The number of rotatable bonds is 3. The van der Waals surface area contributed by atoms with Crippen LogP contribution in [0.3, 0.4) is 0 Å². The predicted molar refractivity (Wildman–Crippen MR) is 65.5 cm³/mol. The van der Waals surface area contributed by atoms with Crippen LogP contribution in [0, 0.1) is 5.82 Å². The molecule has 0 bridgehead atoms. The summed E-state index contributed by atoms with van der Waals surface area (Å²) >= 11 is 0. The minimum Gasteiger partial charge on any atom is -0.478 e. The van der Waals surface area contributed by atoms with Gasteiger partial charge in [0.1, 0.15) is 11.6 Å². The monoisotopic (exact) mass is 300 g/mol. The van der Waals surface area contributed by atoms with Crippen LogP contribution in [-0.2, 0) is 0 Å². The number of carboxylic acid groups (broad SMARTS) is 1. The maximum Gasteiger partial charge on any atom is 0.573 e. The highest BCUT2D eigenvalue weighted by molar-refractivity contribution is 5.90. The molecule has 0 atom stereocenters. The summed E-state index contributed by atoms with van der Waals surface area (Å²) < 4.78 is 53.8. The van der Waals surface area contributed by atoms with Gasteiger partial charge in [0, 0.05) is 5.56 Å². The summed E-state index contributed by atoms with van der Waals surface area (Å²) in [6.07, 6.45) is -4.81. The smallest absolute Gasteiger partial charge is 0.478 e. The van der Waals surface area contributed by atoms with E-state index >= 15 is 0 Å². The van der Waals surface area contributed by atoms with Crippen LogP contribution in [0.1, 0.15) is 10.4 Å². The zero-order chi connectivity index (χ0) is 15.6. The molecule has 0 saturated heterocycles. The molecular weight excluding hydrogens is 292 g/mol. The van der Waals surface area contributed by atoms with Crippen LogP contribution in [0.2, 0.25) is 0 Å². The molecular formula is C14H8F4O3. The molecule has 0 saturated carbocycles. The number of ether oxygens (including phenoxy) is 1.